The Kier molecular flexibility index (Phi) is 2.82. The molecule has 2 rings (SSSR count). The van der Waals surface area contributed by atoms with Crippen molar-refractivity contribution >= 4 is 0 Å². The number of nitrogens with zero attached hydrogens (tertiary/aromatic N) is 4. The predicted octanol–water partition coefficient (Wildman–Crippen LogP) is 0.438. The summed E-state index contributed by atoms with van der Waals surface area (Å²) in [7, 11) is 1.64. The molecule has 2 aromatic rings. The second kappa shape index (κ2) is 4.28. The van der Waals surface area contributed by atoms with E-state index in [1.807, 2.05) is 25.1 Å². The lowest BCUT2D eigenvalue weighted by Gasteiger charge is -2.08. The van der Waals surface area contributed by atoms with Crippen LogP contribution in [0.1, 0.15) is 11.4 Å². The van der Waals surface area contributed by atoms with Gasteiger partial charge < -0.3 is 10.5 Å². The lowest BCUT2D eigenvalue weighted by Crippen LogP contribution is -2.09. The molecular formula is C10H13N5O. The monoisotopic (exact) mass is 219 g/mol. The van der Waals surface area contributed by atoms with Gasteiger partial charge in [0, 0.05) is 0 Å². The standard InChI is InChI=1S/C10H13N5O/c1-7-5-8(16-2)3-4-9(7)15-10(6-11)12-13-14-15/h3-5H,6,11H2,1-2H3. The molecule has 0 aliphatic heterocycles. The third-order valence-corrected chi connectivity index (χ3v) is 2.35. The first-order valence-electron chi connectivity index (χ1n) is 4.88. The van der Waals surface area contributed by atoms with Gasteiger partial charge in [0.15, 0.2) is 5.82 Å². The summed E-state index contributed by atoms with van der Waals surface area (Å²) in [6.07, 6.45) is 0. The molecule has 0 atom stereocenters. The number of aromatic nitrogens is 4. The van der Waals surface area contributed by atoms with Crippen molar-refractivity contribution < 1.29 is 4.74 Å². The smallest absolute Gasteiger partial charge is 0.170 e. The maximum absolute atomic E-state index is 5.55. The van der Waals surface area contributed by atoms with Crippen LogP contribution in [0, 0.1) is 6.92 Å². The average Bonchev–Trinajstić information content (AvgIpc) is 2.76. The first-order chi connectivity index (χ1) is 7.76. The average molecular weight is 219 g/mol. The van der Waals surface area contributed by atoms with Gasteiger partial charge in [-0.15, -0.1) is 5.10 Å². The Labute approximate surface area is 93.0 Å². The van der Waals surface area contributed by atoms with E-state index in [1.54, 1.807) is 11.8 Å². The van der Waals surface area contributed by atoms with E-state index in [0.29, 0.717) is 12.4 Å². The van der Waals surface area contributed by atoms with Gasteiger partial charge >= 0.3 is 0 Å². The summed E-state index contributed by atoms with van der Waals surface area (Å²) >= 11 is 0. The van der Waals surface area contributed by atoms with Gasteiger partial charge in [-0.1, -0.05) is 0 Å². The van der Waals surface area contributed by atoms with Crippen molar-refractivity contribution in [2.45, 2.75) is 13.5 Å². The molecule has 0 amide bonds. The fraction of sp³-hybridized carbons (Fsp3) is 0.300. The third kappa shape index (κ3) is 1.74. The number of rotatable bonds is 3. The largest absolute Gasteiger partial charge is 0.497 e. The summed E-state index contributed by atoms with van der Waals surface area (Å²) in [6.45, 7) is 2.28. The number of nitrogens with two attached hydrogens (primary N) is 1. The van der Waals surface area contributed by atoms with E-state index >= 15 is 0 Å². The summed E-state index contributed by atoms with van der Waals surface area (Å²) in [6, 6.07) is 5.70. The minimum atomic E-state index is 0.304. The molecule has 0 saturated heterocycles. The van der Waals surface area contributed by atoms with Crippen molar-refractivity contribution in [3.8, 4) is 11.4 Å². The molecule has 1 aromatic heterocycles. The predicted molar refractivity (Wildman–Crippen MR) is 58.3 cm³/mol. The molecule has 1 heterocycles. The SMILES string of the molecule is COc1ccc(-n2nnnc2CN)c(C)c1. The Morgan fingerprint density at radius 1 is 1.44 bits per heavy atom. The van der Waals surface area contributed by atoms with E-state index in [2.05, 4.69) is 15.5 Å². The minimum Gasteiger partial charge on any atom is -0.497 e. The summed E-state index contributed by atoms with van der Waals surface area (Å²) < 4.78 is 6.77. The van der Waals surface area contributed by atoms with E-state index in [-0.39, 0.29) is 0 Å². The molecule has 1 aromatic carbocycles. The second-order valence-corrected chi connectivity index (χ2v) is 3.36. The molecule has 6 nitrogen and oxygen atoms in total. The quantitative estimate of drug-likeness (QED) is 0.810. The highest BCUT2D eigenvalue weighted by atomic mass is 16.5. The van der Waals surface area contributed by atoms with Gasteiger partial charge in [-0.25, -0.2) is 0 Å². The van der Waals surface area contributed by atoms with Crippen LogP contribution in [0.2, 0.25) is 0 Å². The number of hydrogen-bond donors (Lipinski definition) is 1. The maximum Gasteiger partial charge on any atom is 0.170 e. The molecule has 0 saturated carbocycles. The molecular weight excluding hydrogens is 206 g/mol. The van der Waals surface area contributed by atoms with Crippen LogP contribution in [0.5, 0.6) is 5.75 Å². The van der Waals surface area contributed by atoms with Crippen LogP contribution in [-0.2, 0) is 6.54 Å². The van der Waals surface area contributed by atoms with E-state index in [4.69, 9.17) is 10.5 Å². The Hall–Kier alpha value is -1.95. The van der Waals surface area contributed by atoms with E-state index in [1.165, 1.54) is 0 Å². The van der Waals surface area contributed by atoms with E-state index in [9.17, 15) is 0 Å². The molecule has 0 spiro atoms. The highest BCUT2D eigenvalue weighted by Gasteiger charge is 2.09. The number of methoxy groups -OCH3 is 1. The van der Waals surface area contributed by atoms with Crippen molar-refractivity contribution in [2.75, 3.05) is 7.11 Å². The van der Waals surface area contributed by atoms with Crippen LogP contribution in [0.3, 0.4) is 0 Å². The zero-order valence-electron chi connectivity index (χ0n) is 9.21. The molecule has 0 fully saturated rings. The maximum atomic E-state index is 5.55. The summed E-state index contributed by atoms with van der Waals surface area (Å²) in [5.74, 6) is 1.44. The van der Waals surface area contributed by atoms with Crippen molar-refractivity contribution in [2.24, 2.45) is 5.73 Å². The summed E-state index contributed by atoms with van der Waals surface area (Å²) in [5, 5.41) is 11.4. The number of benzene rings is 1. The molecule has 2 N–H and O–H groups in total. The van der Waals surface area contributed by atoms with E-state index in [0.717, 1.165) is 17.0 Å². The number of hydrogen-bond acceptors (Lipinski definition) is 5. The lowest BCUT2D eigenvalue weighted by atomic mass is 10.2. The van der Waals surface area contributed by atoms with Crippen LogP contribution < -0.4 is 10.5 Å². The normalized spacial score (nSPS) is 10.4. The fourth-order valence-electron chi connectivity index (χ4n) is 1.51. The van der Waals surface area contributed by atoms with Gasteiger partial charge in [0.05, 0.1) is 19.3 Å². The summed E-state index contributed by atoms with van der Waals surface area (Å²) in [4.78, 5) is 0. The number of ether oxygens (including phenoxy) is 1. The Balaban J connectivity index is 2.48. The van der Waals surface area contributed by atoms with Gasteiger partial charge in [0.1, 0.15) is 5.75 Å². The van der Waals surface area contributed by atoms with Gasteiger partial charge in [-0.05, 0) is 41.1 Å². The van der Waals surface area contributed by atoms with Crippen LogP contribution in [0.15, 0.2) is 18.2 Å². The van der Waals surface area contributed by atoms with Crippen LogP contribution in [0.4, 0.5) is 0 Å². The molecule has 0 aliphatic carbocycles. The van der Waals surface area contributed by atoms with E-state index < -0.39 is 0 Å². The molecule has 16 heavy (non-hydrogen) atoms. The molecule has 6 heteroatoms. The number of tetrazole rings is 1. The van der Waals surface area contributed by atoms with Crippen molar-refractivity contribution in [3.05, 3.63) is 29.6 Å². The van der Waals surface area contributed by atoms with Crippen molar-refractivity contribution in [3.63, 3.8) is 0 Å². The number of aryl methyl sites for hydroxylation is 1. The summed E-state index contributed by atoms with van der Waals surface area (Å²) in [5.41, 5.74) is 7.49. The van der Waals surface area contributed by atoms with Crippen LogP contribution >= 0.6 is 0 Å². The zero-order valence-corrected chi connectivity index (χ0v) is 9.21. The van der Waals surface area contributed by atoms with Crippen molar-refractivity contribution in [1.29, 1.82) is 0 Å². The highest BCUT2D eigenvalue weighted by molar-refractivity contribution is 5.44. The Morgan fingerprint density at radius 3 is 2.88 bits per heavy atom. The Morgan fingerprint density at radius 2 is 2.25 bits per heavy atom. The van der Waals surface area contributed by atoms with Gasteiger partial charge in [0.2, 0.25) is 0 Å². The topological polar surface area (TPSA) is 78.8 Å². The first kappa shape index (κ1) is 10.6. The Bertz CT molecular complexity index is 494. The van der Waals surface area contributed by atoms with Gasteiger partial charge in [0.25, 0.3) is 0 Å². The molecule has 0 aliphatic rings. The zero-order chi connectivity index (χ0) is 11.5. The van der Waals surface area contributed by atoms with Crippen molar-refractivity contribution in [1.82, 2.24) is 20.2 Å². The second-order valence-electron chi connectivity index (χ2n) is 3.36. The molecule has 0 bridgehead atoms. The lowest BCUT2D eigenvalue weighted by molar-refractivity contribution is 0.414. The first-order valence-corrected chi connectivity index (χ1v) is 4.88. The fourth-order valence-corrected chi connectivity index (χ4v) is 1.51. The van der Waals surface area contributed by atoms with Gasteiger partial charge in [-0.3, -0.25) is 0 Å². The van der Waals surface area contributed by atoms with Crippen LogP contribution in [0.25, 0.3) is 5.69 Å². The highest BCUT2D eigenvalue weighted by Crippen LogP contribution is 2.19. The van der Waals surface area contributed by atoms with Gasteiger partial charge in [-0.2, -0.15) is 4.68 Å². The third-order valence-electron chi connectivity index (χ3n) is 2.35. The molecule has 84 valence electrons. The molecule has 0 radical (unpaired) electrons. The van der Waals surface area contributed by atoms with Crippen LogP contribution in [-0.4, -0.2) is 27.3 Å². The molecule has 0 unspecified atom stereocenters. The minimum absolute atomic E-state index is 0.304.